The summed E-state index contributed by atoms with van der Waals surface area (Å²) in [5.74, 6) is 0. The fourth-order valence-corrected chi connectivity index (χ4v) is 2.44. The minimum absolute atomic E-state index is 0.215. The molecule has 0 spiro atoms. The first-order chi connectivity index (χ1) is 10.0. The standard InChI is InChI=1S/C16H20F3NO/c1-2-8-20-15(13-6-4-9-21-11-13)12-5-3-7-14(10-12)16(17,18)19/h3,5,7,10-11,15,20H,2,4,6,8-9H2,1H3. The molecule has 2 nitrogen and oxygen atoms in total. The second-order valence-electron chi connectivity index (χ2n) is 5.18. The van der Waals surface area contributed by atoms with Crippen molar-refractivity contribution >= 4 is 0 Å². The van der Waals surface area contributed by atoms with Gasteiger partial charge in [-0.25, -0.2) is 0 Å². The van der Waals surface area contributed by atoms with E-state index in [1.165, 1.54) is 12.1 Å². The summed E-state index contributed by atoms with van der Waals surface area (Å²) < 4.78 is 43.9. The van der Waals surface area contributed by atoms with Gasteiger partial charge in [-0.1, -0.05) is 19.1 Å². The lowest BCUT2D eigenvalue weighted by Crippen LogP contribution is -2.25. The van der Waals surface area contributed by atoms with Crippen molar-refractivity contribution in [2.24, 2.45) is 0 Å². The number of alkyl halides is 3. The summed E-state index contributed by atoms with van der Waals surface area (Å²) in [4.78, 5) is 0. The Kier molecular flexibility index (Phi) is 5.28. The van der Waals surface area contributed by atoms with Gasteiger partial charge in [0.05, 0.1) is 24.5 Å². The Labute approximate surface area is 123 Å². The Morgan fingerprint density at radius 1 is 1.33 bits per heavy atom. The van der Waals surface area contributed by atoms with Gasteiger partial charge in [-0.3, -0.25) is 0 Å². The Bertz CT molecular complexity index is 497. The molecule has 0 fully saturated rings. The zero-order valence-electron chi connectivity index (χ0n) is 12.0. The molecule has 116 valence electrons. The van der Waals surface area contributed by atoms with Crippen molar-refractivity contribution in [3.63, 3.8) is 0 Å². The first kappa shape index (κ1) is 15.9. The molecule has 21 heavy (non-hydrogen) atoms. The first-order valence-corrected chi connectivity index (χ1v) is 7.23. The summed E-state index contributed by atoms with van der Waals surface area (Å²) >= 11 is 0. The number of hydrogen-bond donors (Lipinski definition) is 1. The predicted molar refractivity (Wildman–Crippen MR) is 75.7 cm³/mol. The molecule has 0 saturated heterocycles. The lowest BCUT2D eigenvalue weighted by atomic mass is 9.94. The Morgan fingerprint density at radius 3 is 2.76 bits per heavy atom. The fraction of sp³-hybridized carbons (Fsp3) is 0.500. The van der Waals surface area contributed by atoms with Gasteiger partial charge < -0.3 is 10.1 Å². The molecule has 1 aliphatic heterocycles. The largest absolute Gasteiger partial charge is 0.501 e. The maximum atomic E-state index is 12.9. The maximum absolute atomic E-state index is 12.9. The van der Waals surface area contributed by atoms with Gasteiger partial charge in [0.1, 0.15) is 0 Å². The molecule has 1 heterocycles. The second-order valence-corrected chi connectivity index (χ2v) is 5.18. The molecule has 0 aliphatic carbocycles. The molecule has 0 radical (unpaired) electrons. The van der Waals surface area contributed by atoms with Gasteiger partial charge >= 0.3 is 6.18 Å². The van der Waals surface area contributed by atoms with Crippen LogP contribution in [0.3, 0.4) is 0 Å². The fourth-order valence-electron chi connectivity index (χ4n) is 2.44. The number of hydrogen-bond acceptors (Lipinski definition) is 2. The molecule has 1 aromatic carbocycles. The van der Waals surface area contributed by atoms with E-state index in [4.69, 9.17) is 4.74 Å². The van der Waals surface area contributed by atoms with Crippen LogP contribution in [0.5, 0.6) is 0 Å². The SMILES string of the molecule is CCCNC(C1=COCCC1)c1cccc(C(F)(F)F)c1. The minimum Gasteiger partial charge on any atom is -0.501 e. The van der Waals surface area contributed by atoms with Crippen LogP contribution in [0.1, 0.15) is 43.4 Å². The van der Waals surface area contributed by atoms with Crippen LogP contribution in [0.25, 0.3) is 0 Å². The van der Waals surface area contributed by atoms with Gasteiger partial charge in [-0.2, -0.15) is 13.2 Å². The van der Waals surface area contributed by atoms with E-state index in [-0.39, 0.29) is 6.04 Å². The lowest BCUT2D eigenvalue weighted by molar-refractivity contribution is -0.137. The van der Waals surface area contributed by atoms with E-state index >= 15 is 0 Å². The molecule has 1 atom stereocenters. The quantitative estimate of drug-likeness (QED) is 0.868. The Hall–Kier alpha value is -1.49. The van der Waals surface area contributed by atoms with E-state index in [0.29, 0.717) is 12.2 Å². The Morgan fingerprint density at radius 2 is 2.14 bits per heavy atom. The zero-order chi connectivity index (χ0) is 15.3. The van der Waals surface area contributed by atoms with Gasteiger partial charge in [0, 0.05) is 0 Å². The molecule has 0 aromatic heterocycles. The monoisotopic (exact) mass is 299 g/mol. The summed E-state index contributed by atoms with van der Waals surface area (Å²) in [5, 5.41) is 3.32. The average Bonchev–Trinajstić information content (AvgIpc) is 2.48. The molecule has 1 N–H and O–H groups in total. The van der Waals surface area contributed by atoms with Gasteiger partial charge in [0.15, 0.2) is 0 Å². The molecule has 1 aromatic rings. The van der Waals surface area contributed by atoms with E-state index in [1.807, 2.05) is 6.92 Å². The summed E-state index contributed by atoms with van der Waals surface area (Å²) in [7, 11) is 0. The van der Waals surface area contributed by atoms with E-state index in [2.05, 4.69) is 5.32 Å². The van der Waals surface area contributed by atoms with E-state index < -0.39 is 11.7 Å². The lowest BCUT2D eigenvalue weighted by Gasteiger charge is -2.25. The third-order valence-corrected chi connectivity index (χ3v) is 3.48. The van der Waals surface area contributed by atoms with Crippen LogP contribution >= 0.6 is 0 Å². The highest BCUT2D eigenvalue weighted by atomic mass is 19.4. The number of benzene rings is 1. The van der Waals surface area contributed by atoms with Crippen molar-refractivity contribution < 1.29 is 17.9 Å². The third kappa shape index (κ3) is 4.24. The van der Waals surface area contributed by atoms with Crippen LogP contribution < -0.4 is 5.32 Å². The first-order valence-electron chi connectivity index (χ1n) is 7.23. The van der Waals surface area contributed by atoms with Crippen LogP contribution in [0, 0.1) is 0 Å². The highest BCUT2D eigenvalue weighted by Crippen LogP contribution is 2.33. The second kappa shape index (κ2) is 6.98. The van der Waals surface area contributed by atoms with Gasteiger partial charge in [0.2, 0.25) is 0 Å². The summed E-state index contributed by atoms with van der Waals surface area (Å²) in [6, 6.07) is 5.31. The smallest absolute Gasteiger partial charge is 0.416 e. The van der Waals surface area contributed by atoms with Crippen LogP contribution in [0.15, 0.2) is 36.1 Å². The molecular formula is C16H20F3NO. The van der Waals surface area contributed by atoms with Gasteiger partial charge in [-0.05, 0) is 49.1 Å². The molecule has 2 rings (SSSR count). The highest BCUT2D eigenvalue weighted by Gasteiger charge is 2.31. The van der Waals surface area contributed by atoms with Gasteiger partial charge in [-0.15, -0.1) is 0 Å². The van der Waals surface area contributed by atoms with E-state index in [1.54, 1.807) is 12.3 Å². The third-order valence-electron chi connectivity index (χ3n) is 3.48. The molecule has 0 saturated carbocycles. The summed E-state index contributed by atoms with van der Waals surface area (Å²) in [6.45, 7) is 3.45. The maximum Gasteiger partial charge on any atom is 0.416 e. The number of nitrogens with one attached hydrogen (secondary N) is 1. The van der Waals surface area contributed by atoms with Crippen molar-refractivity contribution in [1.29, 1.82) is 0 Å². The van der Waals surface area contributed by atoms with Crippen molar-refractivity contribution in [3.8, 4) is 0 Å². The van der Waals surface area contributed by atoms with Crippen LogP contribution in [-0.2, 0) is 10.9 Å². The average molecular weight is 299 g/mol. The van der Waals surface area contributed by atoms with Crippen LogP contribution in [-0.4, -0.2) is 13.2 Å². The van der Waals surface area contributed by atoms with E-state index in [9.17, 15) is 13.2 Å². The molecule has 0 amide bonds. The normalized spacial score (nSPS) is 17.0. The van der Waals surface area contributed by atoms with Crippen molar-refractivity contribution in [2.75, 3.05) is 13.2 Å². The number of halogens is 3. The topological polar surface area (TPSA) is 21.3 Å². The highest BCUT2D eigenvalue weighted by molar-refractivity contribution is 5.33. The zero-order valence-corrected chi connectivity index (χ0v) is 12.0. The molecule has 5 heteroatoms. The predicted octanol–water partition coefficient (Wildman–Crippen LogP) is 4.44. The van der Waals surface area contributed by atoms with Crippen molar-refractivity contribution in [2.45, 2.75) is 38.4 Å². The molecule has 0 bridgehead atoms. The van der Waals surface area contributed by atoms with Crippen molar-refractivity contribution in [3.05, 3.63) is 47.2 Å². The van der Waals surface area contributed by atoms with Crippen LogP contribution in [0.2, 0.25) is 0 Å². The minimum atomic E-state index is -4.32. The van der Waals surface area contributed by atoms with Crippen LogP contribution in [0.4, 0.5) is 13.2 Å². The summed E-state index contributed by atoms with van der Waals surface area (Å²) in [5.41, 5.74) is 1.03. The van der Waals surface area contributed by atoms with Gasteiger partial charge in [0.25, 0.3) is 0 Å². The number of ether oxygens (including phenoxy) is 1. The summed E-state index contributed by atoms with van der Waals surface area (Å²) in [6.07, 6.45) is 0.0379. The molecular weight excluding hydrogens is 279 g/mol. The number of rotatable bonds is 5. The van der Waals surface area contributed by atoms with Crippen molar-refractivity contribution in [1.82, 2.24) is 5.32 Å². The molecule has 1 unspecified atom stereocenters. The van der Waals surface area contributed by atoms with E-state index in [0.717, 1.165) is 37.4 Å². The molecule has 1 aliphatic rings. The Balaban J connectivity index is 2.29.